The van der Waals surface area contributed by atoms with Crippen molar-refractivity contribution in [2.24, 2.45) is 0 Å². The number of amides is 2. The molecule has 1 aliphatic heterocycles. The van der Waals surface area contributed by atoms with E-state index in [0.29, 0.717) is 13.0 Å². The van der Waals surface area contributed by atoms with Crippen LogP contribution in [0.2, 0.25) is 0 Å². The van der Waals surface area contributed by atoms with E-state index < -0.39 is 30.2 Å². The molecule has 9 nitrogen and oxygen atoms in total. The van der Waals surface area contributed by atoms with Gasteiger partial charge in [-0.3, -0.25) is 14.8 Å². The van der Waals surface area contributed by atoms with Crippen LogP contribution in [0.25, 0.3) is 0 Å². The molecule has 4 N–H and O–H groups in total. The van der Waals surface area contributed by atoms with Crippen LogP contribution in [0.3, 0.4) is 0 Å². The molecular formula is C10H12F6N2O7. The van der Waals surface area contributed by atoms with Gasteiger partial charge in [0.05, 0.1) is 0 Å². The first-order chi connectivity index (χ1) is 11.1. The van der Waals surface area contributed by atoms with Gasteiger partial charge in [-0.15, -0.1) is 0 Å². The largest absolute Gasteiger partial charge is 0.490 e. The third-order valence-electron chi connectivity index (χ3n) is 2.12. The number of hydrogen-bond donors (Lipinski definition) is 4. The van der Waals surface area contributed by atoms with Crippen LogP contribution in [-0.2, 0) is 19.2 Å². The number of carboxylic acid groups (broad SMARTS) is 2. The molecule has 0 aromatic rings. The summed E-state index contributed by atoms with van der Waals surface area (Å²) in [5, 5.41) is 22.4. The van der Waals surface area contributed by atoms with E-state index >= 15 is 0 Å². The van der Waals surface area contributed by atoms with E-state index in [1.54, 1.807) is 0 Å². The summed E-state index contributed by atoms with van der Waals surface area (Å²) in [7, 11) is 0. The zero-order valence-corrected chi connectivity index (χ0v) is 12.0. The molecule has 0 spiro atoms. The maximum atomic E-state index is 10.9. The molecule has 1 heterocycles. The van der Waals surface area contributed by atoms with Crippen molar-refractivity contribution in [1.82, 2.24) is 10.4 Å². The number of likely N-dealkylation sites (tertiary alicyclic amines) is 1. The van der Waals surface area contributed by atoms with E-state index in [-0.39, 0.29) is 12.5 Å². The Balaban J connectivity index is 0. The van der Waals surface area contributed by atoms with Gasteiger partial charge in [-0.2, -0.15) is 26.3 Å². The quantitative estimate of drug-likeness (QED) is 0.305. The van der Waals surface area contributed by atoms with Crippen molar-refractivity contribution in [3.05, 3.63) is 0 Å². The highest BCUT2D eigenvalue weighted by Gasteiger charge is 2.38. The van der Waals surface area contributed by atoms with Gasteiger partial charge in [-0.1, -0.05) is 0 Å². The number of carbonyl (C=O) groups is 4. The maximum absolute atomic E-state index is 10.9. The molecule has 0 atom stereocenters. The summed E-state index contributed by atoms with van der Waals surface area (Å²) >= 11 is 0. The van der Waals surface area contributed by atoms with Crippen molar-refractivity contribution in [2.45, 2.75) is 25.2 Å². The predicted molar refractivity (Wildman–Crippen MR) is 63.1 cm³/mol. The lowest BCUT2D eigenvalue weighted by Gasteiger charge is -2.12. The molecule has 0 aliphatic carbocycles. The molecule has 0 radical (unpaired) electrons. The maximum Gasteiger partial charge on any atom is 0.490 e. The van der Waals surface area contributed by atoms with Crippen molar-refractivity contribution < 1.29 is 60.9 Å². The molecule has 2 amide bonds. The van der Waals surface area contributed by atoms with Gasteiger partial charge in [-0.25, -0.2) is 15.1 Å². The van der Waals surface area contributed by atoms with Crippen LogP contribution < -0.4 is 5.48 Å². The van der Waals surface area contributed by atoms with Crippen molar-refractivity contribution in [2.75, 3.05) is 13.1 Å². The highest BCUT2D eigenvalue weighted by Crippen LogP contribution is 2.13. The topological polar surface area (TPSA) is 144 Å². The van der Waals surface area contributed by atoms with Gasteiger partial charge in [-0.05, 0) is 6.42 Å². The van der Waals surface area contributed by atoms with Gasteiger partial charge in [0.2, 0.25) is 5.91 Å². The first-order valence-corrected chi connectivity index (χ1v) is 5.93. The minimum absolute atomic E-state index is 0.0198. The summed E-state index contributed by atoms with van der Waals surface area (Å²) in [6, 6.07) is 0. The van der Waals surface area contributed by atoms with Gasteiger partial charge in [0.1, 0.15) is 6.54 Å². The summed E-state index contributed by atoms with van der Waals surface area (Å²) in [5.74, 6) is -6.08. The molecular weight excluding hydrogens is 374 g/mol. The smallest absolute Gasteiger partial charge is 0.475 e. The number of nitrogens with one attached hydrogen (secondary N) is 1. The van der Waals surface area contributed by atoms with Gasteiger partial charge >= 0.3 is 24.3 Å². The number of nitrogens with zero attached hydrogens (tertiary/aromatic N) is 1. The van der Waals surface area contributed by atoms with Crippen molar-refractivity contribution in [3.63, 3.8) is 0 Å². The van der Waals surface area contributed by atoms with Gasteiger partial charge in [0.15, 0.2) is 0 Å². The summed E-state index contributed by atoms with van der Waals surface area (Å²) in [5.41, 5.74) is 1.48. The Morgan fingerprint density at radius 1 is 1.00 bits per heavy atom. The Morgan fingerprint density at radius 2 is 1.36 bits per heavy atom. The number of halogens is 6. The second-order valence-electron chi connectivity index (χ2n) is 4.06. The minimum Gasteiger partial charge on any atom is -0.475 e. The third-order valence-corrected chi connectivity index (χ3v) is 2.12. The number of hydrogen-bond acceptors (Lipinski definition) is 5. The van der Waals surface area contributed by atoms with Crippen LogP contribution >= 0.6 is 0 Å². The number of carbonyl (C=O) groups excluding carboxylic acids is 2. The minimum atomic E-state index is -5.08. The SMILES string of the molecule is O=C(CN1CCCC1=O)NO.O=C(O)C(F)(F)F.O=C(O)C(F)(F)F. The molecule has 1 aliphatic rings. The van der Waals surface area contributed by atoms with Crippen molar-refractivity contribution >= 4 is 23.8 Å². The number of rotatable bonds is 2. The molecule has 0 bridgehead atoms. The van der Waals surface area contributed by atoms with E-state index in [9.17, 15) is 35.9 Å². The van der Waals surface area contributed by atoms with Crippen LogP contribution in [-0.4, -0.2) is 69.5 Å². The van der Waals surface area contributed by atoms with E-state index in [2.05, 4.69) is 0 Å². The zero-order valence-electron chi connectivity index (χ0n) is 12.0. The van der Waals surface area contributed by atoms with Crippen molar-refractivity contribution in [1.29, 1.82) is 0 Å². The summed E-state index contributed by atoms with van der Waals surface area (Å²) < 4.78 is 63.5. The fourth-order valence-electron chi connectivity index (χ4n) is 1.08. The third kappa shape index (κ3) is 12.5. The summed E-state index contributed by atoms with van der Waals surface area (Å²) in [6.07, 6.45) is -8.85. The van der Waals surface area contributed by atoms with Crippen LogP contribution in [0.5, 0.6) is 0 Å². The predicted octanol–water partition coefficient (Wildman–Crippen LogP) is 0.381. The van der Waals surface area contributed by atoms with E-state index in [0.717, 1.165) is 6.42 Å². The number of aliphatic carboxylic acids is 2. The van der Waals surface area contributed by atoms with Crippen LogP contribution in [0, 0.1) is 0 Å². The molecule has 25 heavy (non-hydrogen) atoms. The van der Waals surface area contributed by atoms with E-state index in [1.807, 2.05) is 0 Å². The lowest BCUT2D eigenvalue weighted by Crippen LogP contribution is -2.36. The van der Waals surface area contributed by atoms with Crippen LogP contribution in [0.4, 0.5) is 26.3 Å². The molecule has 1 rings (SSSR count). The molecule has 0 aromatic carbocycles. The van der Waals surface area contributed by atoms with Gasteiger partial charge in [0, 0.05) is 13.0 Å². The highest BCUT2D eigenvalue weighted by molar-refractivity contribution is 5.85. The fourth-order valence-corrected chi connectivity index (χ4v) is 1.08. The lowest BCUT2D eigenvalue weighted by molar-refractivity contribution is -0.193. The molecule has 146 valence electrons. The summed E-state index contributed by atoms with van der Waals surface area (Å²) in [4.78, 5) is 40.7. The zero-order chi connectivity index (χ0) is 20.4. The fraction of sp³-hybridized carbons (Fsp3) is 0.600. The standard InChI is InChI=1S/C6H10N2O3.2C2HF3O2/c9-5(7-11)4-8-3-1-2-6(8)10;2*3-2(4,5)1(6)7/h11H,1-4H2,(H,7,9);2*(H,6,7). The normalized spacial score (nSPS) is 13.9. The Kier molecular flexibility index (Phi) is 10.2. The number of alkyl halides is 6. The Bertz CT molecular complexity index is 467. The molecule has 15 heteroatoms. The Hall–Kier alpha value is -2.58. The Labute approximate surface area is 134 Å². The molecule has 1 saturated heterocycles. The second kappa shape index (κ2) is 10.3. The summed E-state index contributed by atoms with van der Waals surface area (Å²) in [6.45, 7) is 0.585. The van der Waals surface area contributed by atoms with Crippen molar-refractivity contribution in [3.8, 4) is 0 Å². The molecule has 1 fully saturated rings. The molecule has 0 saturated carbocycles. The van der Waals surface area contributed by atoms with Crippen LogP contribution in [0.1, 0.15) is 12.8 Å². The second-order valence-corrected chi connectivity index (χ2v) is 4.06. The number of carboxylic acids is 2. The lowest BCUT2D eigenvalue weighted by atomic mass is 10.4. The van der Waals surface area contributed by atoms with Gasteiger partial charge < -0.3 is 15.1 Å². The van der Waals surface area contributed by atoms with E-state index in [4.69, 9.17) is 25.0 Å². The number of hydroxylamine groups is 1. The monoisotopic (exact) mass is 386 g/mol. The first-order valence-electron chi connectivity index (χ1n) is 5.93. The Morgan fingerprint density at radius 3 is 1.56 bits per heavy atom. The average molecular weight is 386 g/mol. The van der Waals surface area contributed by atoms with Gasteiger partial charge in [0.25, 0.3) is 5.91 Å². The molecule has 0 unspecified atom stereocenters. The molecule has 0 aromatic heterocycles. The average Bonchev–Trinajstić information content (AvgIpc) is 2.83. The van der Waals surface area contributed by atoms with Crippen LogP contribution in [0.15, 0.2) is 0 Å². The van der Waals surface area contributed by atoms with E-state index in [1.165, 1.54) is 10.4 Å². The highest BCUT2D eigenvalue weighted by atomic mass is 19.4. The first kappa shape index (κ1) is 24.7.